The SMILES string of the molecule is Clc1c(I)cnc2c1oc1ccccc12. The van der Waals surface area contributed by atoms with Gasteiger partial charge in [0.1, 0.15) is 16.1 Å². The van der Waals surface area contributed by atoms with Gasteiger partial charge < -0.3 is 4.42 Å². The Morgan fingerprint density at radius 3 is 2.93 bits per heavy atom. The highest BCUT2D eigenvalue weighted by Gasteiger charge is 2.12. The molecule has 3 aromatic rings. The van der Waals surface area contributed by atoms with Crippen LogP contribution in [0.4, 0.5) is 0 Å². The molecule has 2 heterocycles. The third-order valence-corrected chi connectivity index (χ3v) is 3.80. The first-order chi connectivity index (χ1) is 7.27. The molecule has 0 radical (unpaired) electrons. The second-order valence-electron chi connectivity index (χ2n) is 3.20. The number of pyridine rings is 1. The fourth-order valence-electron chi connectivity index (χ4n) is 1.60. The van der Waals surface area contributed by atoms with Crippen LogP contribution in [0.25, 0.3) is 22.1 Å². The minimum atomic E-state index is 0.636. The molecule has 0 fully saturated rings. The highest BCUT2D eigenvalue weighted by molar-refractivity contribution is 14.1. The maximum absolute atomic E-state index is 6.16. The van der Waals surface area contributed by atoms with Crippen molar-refractivity contribution >= 4 is 56.3 Å². The van der Waals surface area contributed by atoms with Crippen molar-refractivity contribution in [2.75, 3.05) is 0 Å². The van der Waals surface area contributed by atoms with Gasteiger partial charge in [0.15, 0.2) is 5.58 Å². The van der Waals surface area contributed by atoms with Crippen LogP contribution in [0, 0.1) is 3.57 Å². The van der Waals surface area contributed by atoms with Crippen LogP contribution >= 0.6 is 34.2 Å². The van der Waals surface area contributed by atoms with E-state index < -0.39 is 0 Å². The Morgan fingerprint density at radius 2 is 2.07 bits per heavy atom. The zero-order chi connectivity index (χ0) is 10.4. The van der Waals surface area contributed by atoms with Gasteiger partial charge in [0.25, 0.3) is 0 Å². The molecule has 4 heteroatoms. The summed E-state index contributed by atoms with van der Waals surface area (Å²) >= 11 is 8.30. The zero-order valence-corrected chi connectivity index (χ0v) is 10.4. The molecule has 0 unspecified atom stereocenters. The van der Waals surface area contributed by atoms with Gasteiger partial charge in [-0.05, 0) is 34.7 Å². The van der Waals surface area contributed by atoms with Crippen LogP contribution in [0.3, 0.4) is 0 Å². The number of para-hydroxylation sites is 1. The summed E-state index contributed by atoms with van der Waals surface area (Å²) in [5, 5.41) is 1.64. The highest BCUT2D eigenvalue weighted by Crippen LogP contribution is 2.33. The molecule has 0 saturated heterocycles. The van der Waals surface area contributed by atoms with Crippen molar-refractivity contribution in [1.29, 1.82) is 0 Å². The molecule has 0 N–H and O–H groups in total. The summed E-state index contributed by atoms with van der Waals surface area (Å²) in [6, 6.07) is 7.80. The molecular weight excluding hydrogens is 324 g/mol. The van der Waals surface area contributed by atoms with Gasteiger partial charge in [-0.3, -0.25) is 4.98 Å². The molecule has 0 aliphatic rings. The quantitative estimate of drug-likeness (QED) is 0.577. The zero-order valence-electron chi connectivity index (χ0n) is 7.50. The van der Waals surface area contributed by atoms with Crippen LogP contribution in [0.5, 0.6) is 0 Å². The van der Waals surface area contributed by atoms with Crippen molar-refractivity contribution in [3.05, 3.63) is 39.1 Å². The van der Waals surface area contributed by atoms with Crippen molar-refractivity contribution in [3.63, 3.8) is 0 Å². The van der Waals surface area contributed by atoms with E-state index in [2.05, 4.69) is 27.6 Å². The van der Waals surface area contributed by atoms with E-state index in [0.717, 1.165) is 20.1 Å². The number of benzene rings is 1. The summed E-state index contributed by atoms with van der Waals surface area (Å²) in [6.07, 6.45) is 1.76. The Labute approximate surface area is 104 Å². The van der Waals surface area contributed by atoms with E-state index in [1.807, 2.05) is 24.3 Å². The first kappa shape index (κ1) is 9.42. The summed E-state index contributed by atoms with van der Waals surface area (Å²) in [7, 11) is 0. The van der Waals surface area contributed by atoms with Crippen LogP contribution < -0.4 is 0 Å². The van der Waals surface area contributed by atoms with Crippen LogP contribution in [-0.4, -0.2) is 4.98 Å². The number of nitrogens with zero attached hydrogens (tertiary/aromatic N) is 1. The van der Waals surface area contributed by atoms with Crippen LogP contribution in [0.2, 0.25) is 5.02 Å². The summed E-state index contributed by atoms with van der Waals surface area (Å²) < 4.78 is 6.57. The van der Waals surface area contributed by atoms with Crippen molar-refractivity contribution < 1.29 is 4.42 Å². The Bertz CT molecular complexity index is 662. The normalized spacial score (nSPS) is 11.3. The van der Waals surface area contributed by atoms with Gasteiger partial charge in [0.05, 0.1) is 3.57 Å². The molecular formula is C11H5ClINO. The van der Waals surface area contributed by atoms with Gasteiger partial charge in [-0.15, -0.1) is 0 Å². The van der Waals surface area contributed by atoms with Crippen LogP contribution in [-0.2, 0) is 0 Å². The molecule has 74 valence electrons. The van der Waals surface area contributed by atoms with Crippen molar-refractivity contribution in [2.45, 2.75) is 0 Å². The molecule has 0 spiro atoms. The lowest BCUT2D eigenvalue weighted by Gasteiger charge is -1.94. The number of rotatable bonds is 0. The lowest BCUT2D eigenvalue weighted by molar-refractivity contribution is 0.668. The molecule has 0 aliphatic heterocycles. The summed E-state index contributed by atoms with van der Waals surface area (Å²) in [6.45, 7) is 0. The highest BCUT2D eigenvalue weighted by atomic mass is 127. The molecule has 0 bridgehead atoms. The second-order valence-corrected chi connectivity index (χ2v) is 4.74. The Kier molecular flexibility index (Phi) is 2.10. The van der Waals surface area contributed by atoms with Gasteiger partial charge >= 0.3 is 0 Å². The fourth-order valence-corrected chi connectivity index (χ4v) is 2.16. The monoisotopic (exact) mass is 329 g/mol. The fraction of sp³-hybridized carbons (Fsp3) is 0. The number of fused-ring (bicyclic) bond motifs is 3. The predicted octanol–water partition coefficient (Wildman–Crippen LogP) is 4.24. The van der Waals surface area contributed by atoms with Gasteiger partial charge in [-0.25, -0.2) is 0 Å². The number of furan rings is 1. The van der Waals surface area contributed by atoms with Gasteiger partial charge in [-0.1, -0.05) is 23.7 Å². The number of hydrogen-bond acceptors (Lipinski definition) is 2. The van der Waals surface area contributed by atoms with Crippen molar-refractivity contribution in [3.8, 4) is 0 Å². The molecule has 0 atom stereocenters. The van der Waals surface area contributed by atoms with Gasteiger partial charge in [-0.2, -0.15) is 0 Å². The molecule has 15 heavy (non-hydrogen) atoms. The summed E-state index contributed by atoms with van der Waals surface area (Å²) in [5.74, 6) is 0. The second kappa shape index (κ2) is 3.35. The molecule has 0 amide bonds. The first-order valence-corrected chi connectivity index (χ1v) is 5.84. The lowest BCUT2D eigenvalue weighted by atomic mass is 10.2. The topological polar surface area (TPSA) is 26.0 Å². The van der Waals surface area contributed by atoms with Gasteiger partial charge in [0, 0.05) is 11.6 Å². The van der Waals surface area contributed by atoms with Crippen molar-refractivity contribution in [2.24, 2.45) is 0 Å². The van der Waals surface area contributed by atoms with E-state index >= 15 is 0 Å². The minimum Gasteiger partial charge on any atom is -0.453 e. The maximum atomic E-state index is 6.16. The number of hydrogen-bond donors (Lipinski definition) is 0. The van der Waals surface area contributed by atoms with E-state index in [9.17, 15) is 0 Å². The lowest BCUT2D eigenvalue weighted by Crippen LogP contribution is -1.79. The number of aromatic nitrogens is 1. The standard InChI is InChI=1S/C11H5ClINO/c12-9-7(13)5-14-10-6-3-1-2-4-8(6)15-11(9)10/h1-5H. The number of halogens is 2. The third-order valence-electron chi connectivity index (χ3n) is 2.29. The summed E-state index contributed by atoms with van der Waals surface area (Å²) in [4.78, 5) is 4.34. The van der Waals surface area contributed by atoms with E-state index in [0.29, 0.717) is 10.6 Å². The van der Waals surface area contributed by atoms with E-state index in [1.54, 1.807) is 6.20 Å². The van der Waals surface area contributed by atoms with Crippen molar-refractivity contribution in [1.82, 2.24) is 4.98 Å². The van der Waals surface area contributed by atoms with Crippen LogP contribution in [0.1, 0.15) is 0 Å². The Hall–Kier alpha value is -0.810. The summed E-state index contributed by atoms with van der Waals surface area (Å²) in [5.41, 5.74) is 2.32. The minimum absolute atomic E-state index is 0.636. The molecule has 0 aliphatic carbocycles. The average molecular weight is 330 g/mol. The molecule has 2 nitrogen and oxygen atoms in total. The molecule has 2 aromatic heterocycles. The Morgan fingerprint density at radius 1 is 1.27 bits per heavy atom. The van der Waals surface area contributed by atoms with Gasteiger partial charge in [0.2, 0.25) is 0 Å². The third kappa shape index (κ3) is 1.33. The Balaban J connectivity index is 2.60. The van der Waals surface area contributed by atoms with E-state index in [-0.39, 0.29) is 0 Å². The average Bonchev–Trinajstić information content (AvgIpc) is 2.63. The first-order valence-electron chi connectivity index (χ1n) is 4.38. The van der Waals surface area contributed by atoms with E-state index in [1.165, 1.54) is 0 Å². The largest absolute Gasteiger partial charge is 0.453 e. The van der Waals surface area contributed by atoms with E-state index in [4.69, 9.17) is 16.0 Å². The smallest absolute Gasteiger partial charge is 0.173 e. The maximum Gasteiger partial charge on any atom is 0.173 e. The predicted molar refractivity (Wildman–Crippen MR) is 69.2 cm³/mol. The molecule has 1 aromatic carbocycles. The molecule has 0 saturated carbocycles. The molecule has 3 rings (SSSR count). The van der Waals surface area contributed by atoms with Crippen LogP contribution in [0.15, 0.2) is 34.9 Å².